The van der Waals surface area contributed by atoms with Gasteiger partial charge in [0.05, 0.1) is 4.88 Å². The topological polar surface area (TPSA) is 140 Å². The molecule has 0 spiro atoms. The lowest BCUT2D eigenvalue weighted by Gasteiger charge is -2.43. The summed E-state index contributed by atoms with van der Waals surface area (Å²) in [6.45, 7) is 4.01. The number of likely N-dealkylation sites (tertiary alicyclic amines) is 1. The molecular weight excluding hydrogens is 601 g/mol. The molecule has 4 aliphatic rings. The summed E-state index contributed by atoms with van der Waals surface area (Å²) in [5.74, 6) is -0.528. The summed E-state index contributed by atoms with van der Waals surface area (Å²) in [4.78, 5) is 66.9. The van der Waals surface area contributed by atoms with E-state index in [1.54, 1.807) is 9.80 Å². The van der Waals surface area contributed by atoms with Crippen LogP contribution in [0.15, 0.2) is 40.9 Å². The van der Waals surface area contributed by atoms with Gasteiger partial charge < -0.3 is 24.9 Å². The second kappa shape index (κ2) is 11.2. The van der Waals surface area contributed by atoms with Gasteiger partial charge in [-0.3, -0.25) is 23.9 Å². The number of nitrogens with one attached hydrogen (secondary N) is 1. The van der Waals surface area contributed by atoms with Crippen molar-refractivity contribution < 1.29 is 37.5 Å². The van der Waals surface area contributed by atoms with E-state index in [-0.39, 0.29) is 40.0 Å². The molecular formula is C29H33F2N4O6PS. The number of benzene rings is 1. The molecule has 3 N–H and O–H groups in total. The second-order valence-corrected chi connectivity index (χ2v) is 14.7. The van der Waals surface area contributed by atoms with E-state index in [2.05, 4.69) is 16.4 Å². The van der Waals surface area contributed by atoms with E-state index in [1.807, 2.05) is 13.1 Å². The Bertz CT molecular complexity index is 1580. The molecule has 0 bridgehead atoms. The van der Waals surface area contributed by atoms with Crippen LogP contribution in [0.1, 0.15) is 54.3 Å². The maximum atomic E-state index is 14.2. The van der Waals surface area contributed by atoms with E-state index in [4.69, 9.17) is 9.79 Å². The third-order valence-corrected chi connectivity index (χ3v) is 11.1. The van der Waals surface area contributed by atoms with Crippen LogP contribution in [-0.4, -0.2) is 81.3 Å². The van der Waals surface area contributed by atoms with E-state index in [1.165, 1.54) is 12.1 Å². The van der Waals surface area contributed by atoms with Crippen molar-refractivity contribution in [2.75, 3.05) is 19.6 Å². The number of dihydropyridines is 1. The van der Waals surface area contributed by atoms with Crippen molar-refractivity contribution in [2.45, 2.75) is 62.8 Å². The van der Waals surface area contributed by atoms with Gasteiger partial charge in [0, 0.05) is 48.1 Å². The van der Waals surface area contributed by atoms with Gasteiger partial charge in [-0.15, -0.1) is 11.3 Å². The molecule has 5 heterocycles. The smallest absolute Gasteiger partial charge is 0.340 e. The molecule has 0 radical (unpaired) electrons. The first-order valence-electron chi connectivity index (χ1n) is 14.4. The number of halogens is 2. The highest BCUT2D eigenvalue weighted by atomic mass is 32.1. The first-order chi connectivity index (χ1) is 20.3. The second-order valence-electron chi connectivity index (χ2n) is 12.0. The molecule has 1 aromatic carbocycles. The van der Waals surface area contributed by atoms with Crippen LogP contribution in [-0.2, 0) is 19.8 Å². The number of amides is 3. The number of carbonyl (C=O) groups excluding carboxylic acids is 3. The van der Waals surface area contributed by atoms with E-state index in [9.17, 15) is 27.7 Å². The monoisotopic (exact) mass is 634 g/mol. The number of hydrogen-bond donors (Lipinski definition) is 3. The van der Waals surface area contributed by atoms with Crippen molar-refractivity contribution in [1.82, 2.24) is 15.1 Å². The van der Waals surface area contributed by atoms with Gasteiger partial charge in [0.25, 0.3) is 5.91 Å². The lowest BCUT2D eigenvalue weighted by molar-refractivity contribution is -0.149. The Labute approximate surface area is 251 Å². The SMILES string of the molecule is C[C@@H]1C[C@H]2CC[C@@H](C(=O)N3CC(C4=CCCN=C4)C3)N2C(=O)[C@@H](NC(=O)c2cc3cc(C(F)(F)P(=O)(O)O)ccc3s2)C1. The fraction of sp³-hybridized carbons (Fsp3) is 0.517. The van der Waals surface area contributed by atoms with Crippen LogP contribution in [0.25, 0.3) is 10.1 Å². The predicted molar refractivity (Wildman–Crippen MR) is 157 cm³/mol. The highest BCUT2D eigenvalue weighted by Gasteiger charge is 2.51. The van der Waals surface area contributed by atoms with Gasteiger partial charge in [-0.1, -0.05) is 19.1 Å². The molecule has 0 saturated carbocycles. The summed E-state index contributed by atoms with van der Waals surface area (Å²) in [5.41, 5.74) is -4.05. The first kappa shape index (κ1) is 30.1. The number of hydrogen-bond acceptors (Lipinski definition) is 6. The highest BCUT2D eigenvalue weighted by Crippen LogP contribution is 2.59. The summed E-state index contributed by atoms with van der Waals surface area (Å²) >= 11 is 1.03. The Balaban J connectivity index is 1.16. The largest absolute Gasteiger partial charge is 0.399 e. The molecule has 6 rings (SSSR count). The molecule has 43 heavy (non-hydrogen) atoms. The molecule has 3 saturated heterocycles. The van der Waals surface area contributed by atoms with Gasteiger partial charge in [0.15, 0.2) is 0 Å². The third-order valence-electron chi connectivity index (χ3n) is 8.95. The average molecular weight is 635 g/mol. The van der Waals surface area contributed by atoms with Crippen molar-refractivity contribution >= 4 is 53.0 Å². The zero-order chi connectivity index (χ0) is 30.7. The molecule has 230 valence electrons. The standard InChI is InChI=1S/C29H33F2N4O6PS/c1-16-9-21-5-6-23(28(38)34-14-19(15-34)17-3-2-8-32-13-17)35(21)27(37)22(10-16)33-26(36)25-12-18-11-20(4-7-24(18)43-25)29(30,31)42(39,40)41/h3-4,7,11-13,16,19,21-23H,2,5-6,8-10,14-15H2,1H3,(H,33,36)(H2,39,40,41)/t16-,21-,22+,23+/m1/s1. The molecule has 14 heteroatoms. The minimum absolute atomic E-state index is 0.0625. The number of rotatable bonds is 6. The fourth-order valence-corrected chi connectivity index (χ4v) is 8.10. The number of thiophene rings is 1. The van der Waals surface area contributed by atoms with Crippen molar-refractivity contribution in [1.29, 1.82) is 0 Å². The van der Waals surface area contributed by atoms with Crippen LogP contribution in [0.5, 0.6) is 0 Å². The van der Waals surface area contributed by atoms with Crippen LogP contribution in [0, 0.1) is 11.8 Å². The number of nitrogens with zero attached hydrogens (tertiary/aromatic N) is 3. The Morgan fingerprint density at radius 3 is 2.63 bits per heavy atom. The summed E-state index contributed by atoms with van der Waals surface area (Å²) in [6.07, 6.45) is 7.40. The molecule has 0 unspecified atom stereocenters. The van der Waals surface area contributed by atoms with Crippen LogP contribution in [0.3, 0.4) is 0 Å². The molecule has 3 fully saturated rings. The van der Waals surface area contributed by atoms with Crippen molar-refractivity contribution in [3.8, 4) is 0 Å². The molecule has 10 nitrogen and oxygen atoms in total. The number of carbonyl (C=O) groups is 3. The van der Waals surface area contributed by atoms with Crippen molar-refractivity contribution in [3.63, 3.8) is 0 Å². The Morgan fingerprint density at radius 2 is 1.93 bits per heavy atom. The minimum Gasteiger partial charge on any atom is -0.340 e. The summed E-state index contributed by atoms with van der Waals surface area (Å²) in [6, 6.07) is 3.05. The molecule has 3 amide bonds. The van der Waals surface area contributed by atoms with E-state index in [0.29, 0.717) is 30.6 Å². The highest BCUT2D eigenvalue weighted by molar-refractivity contribution is 7.52. The average Bonchev–Trinajstić information content (AvgIpc) is 3.52. The van der Waals surface area contributed by atoms with Gasteiger partial charge in [0.2, 0.25) is 11.8 Å². The quantitative estimate of drug-likeness (QED) is 0.413. The summed E-state index contributed by atoms with van der Waals surface area (Å²) < 4.78 is 40.3. The van der Waals surface area contributed by atoms with Gasteiger partial charge in [-0.05, 0) is 67.2 Å². The van der Waals surface area contributed by atoms with Gasteiger partial charge in [-0.2, -0.15) is 8.78 Å². The van der Waals surface area contributed by atoms with Gasteiger partial charge in [-0.25, -0.2) is 0 Å². The number of aliphatic imine (C=N–C) groups is 1. The Kier molecular flexibility index (Phi) is 7.81. The first-order valence-corrected chi connectivity index (χ1v) is 16.9. The molecule has 4 atom stereocenters. The number of alkyl halides is 2. The maximum absolute atomic E-state index is 14.2. The van der Waals surface area contributed by atoms with Crippen LogP contribution < -0.4 is 5.32 Å². The molecule has 1 aromatic heterocycles. The lowest BCUT2D eigenvalue weighted by atomic mass is 9.89. The Morgan fingerprint density at radius 1 is 1.16 bits per heavy atom. The minimum atomic E-state index is -5.74. The zero-order valence-corrected chi connectivity index (χ0v) is 25.2. The fourth-order valence-electron chi connectivity index (χ4n) is 6.68. The van der Waals surface area contributed by atoms with Gasteiger partial charge in [0.1, 0.15) is 12.1 Å². The third kappa shape index (κ3) is 5.56. The van der Waals surface area contributed by atoms with E-state index >= 15 is 0 Å². The zero-order valence-electron chi connectivity index (χ0n) is 23.5. The predicted octanol–water partition coefficient (Wildman–Crippen LogP) is 3.88. The number of fused-ring (bicyclic) bond motifs is 2. The lowest BCUT2D eigenvalue weighted by Crippen LogP contribution is -2.59. The normalized spacial score (nSPS) is 26.6. The van der Waals surface area contributed by atoms with Crippen LogP contribution in [0.4, 0.5) is 8.78 Å². The van der Waals surface area contributed by atoms with Crippen LogP contribution in [0.2, 0.25) is 0 Å². The van der Waals surface area contributed by atoms with Crippen molar-refractivity contribution in [2.24, 2.45) is 16.8 Å². The van der Waals surface area contributed by atoms with Crippen molar-refractivity contribution in [3.05, 3.63) is 46.4 Å². The molecule has 4 aliphatic heterocycles. The molecule has 0 aliphatic carbocycles. The molecule has 2 aromatic rings. The van der Waals surface area contributed by atoms with E-state index in [0.717, 1.165) is 54.8 Å². The van der Waals surface area contributed by atoms with E-state index < -0.39 is 36.8 Å². The van der Waals surface area contributed by atoms with Crippen LogP contribution >= 0.6 is 18.9 Å². The summed E-state index contributed by atoms with van der Waals surface area (Å²) in [7, 11) is -5.74. The van der Waals surface area contributed by atoms with Gasteiger partial charge >= 0.3 is 13.3 Å². The maximum Gasteiger partial charge on any atom is 0.399 e. The summed E-state index contributed by atoms with van der Waals surface area (Å²) in [5, 5.41) is 3.06. The Hall–Kier alpha value is -2.99.